The van der Waals surface area contributed by atoms with Crippen LogP contribution in [0.3, 0.4) is 0 Å². The highest BCUT2D eigenvalue weighted by molar-refractivity contribution is 5.75. The van der Waals surface area contributed by atoms with Crippen molar-refractivity contribution in [1.82, 2.24) is 15.5 Å². The summed E-state index contributed by atoms with van der Waals surface area (Å²) >= 11 is 0. The van der Waals surface area contributed by atoms with Gasteiger partial charge in [0.2, 0.25) is 17.7 Å². The monoisotopic (exact) mass is 393 g/mol. The van der Waals surface area contributed by atoms with E-state index in [9.17, 15) is 4.79 Å². The van der Waals surface area contributed by atoms with Crippen LogP contribution < -0.4 is 5.32 Å². The highest BCUT2D eigenvalue weighted by Gasteiger charge is 2.09. The normalized spacial score (nSPS) is 11.9. The first-order chi connectivity index (χ1) is 14.2. The van der Waals surface area contributed by atoms with Crippen molar-refractivity contribution in [3.63, 3.8) is 0 Å². The minimum absolute atomic E-state index is 0.0314. The maximum absolute atomic E-state index is 12.0. The lowest BCUT2D eigenvalue weighted by molar-refractivity contribution is -0.121. The predicted octanol–water partition coefficient (Wildman–Crippen LogP) is 4.34. The third-order valence-corrected chi connectivity index (χ3v) is 4.56. The Bertz CT molecular complexity index is 865. The van der Waals surface area contributed by atoms with Crippen LogP contribution >= 0.6 is 0 Å². The molecule has 0 radical (unpaired) electrons. The van der Waals surface area contributed by atoms with Crippen molar-refractivity contribution in [2.45, 2.75) is 38.7 Å². The van der Waals surface area contributed by atoms with Crippen LogP contribution in [-0.2, 0) is 16.0 Å². The second-order valence-corrected chi connectivity index (χ2v) is 6.85. The molecule has 0 aliphatic carbocycles. The zero-order chi connectivity index (χ0) is 20.3. The van der Waals surface area contributed by atoms with E-state index in [0.29, 0.717) is 44.2 Å². The van der Waals surface area contributed by atoms with Crippen LogP contribution in [0.15, 0.2) is 65.1 Å². The van der Waals surface area contributed by atoms with E-state index in [0.717, 1.165) is 17.5 Å². The number of hydrogen-bond donors (Lipinski definition) is 1. The molecule has 1 N–H and O–H groups in total. The lowest BCUT2D eigenvalue weighted by atomic mass is 10.1. The van der Waals surface area contributed by atoms with Crippen LogP contribution in [0.1, 0.15) is 43.7 Å². The Labute approximate surface area is 171 Å². The van der Waals surface area contributed by atoms with Gasteiger partial charge in [-0.2, -0.15) is 0 Å². The smallest absolute Gasteiger partial charge is 0.247 e. The molecular weight excluding hydrogens is 366 g/mol. The molecule has 3 aromatic rings. The lowest BCUT2D eigenvalue weighted by Crippen LogP contribution is -2.25. The average molecular weight is 393 g/mol. The molecule has 2 aromatic carbocycles. The van der Waals surface area contributed by atoms with Gasteiger partial charge in [-0.05, 0) is 37.5 Å². The Kier molecular flexibility index (Phi) is 7.95. The third-order valence-electron chi connectivity index (χ3n) is 4.56. The fourth-order valence-electron chi connectivity index (χ4n) is 2.92. The molecule has 3 rings (SSSR count). The molecule has 0 saturated carbocycles. The Hall–Kier alpha value is -2.99. The van der Waals surface area contributed by atoms with Crippen LogP contribution in [0.25, 0.3) is 11.5 Å². The van der Waals surface area contributed by atoms with Crippen LogP contribution in [0.4, 0.5) is 0 Å². The zero-order valence-corrected chi connectivity index (χ0v) is 16.7. The molecule has 0 aliphatic rings. The zero-order valence-electron chi connectivity index (χ0n) is 16.7. The van der Waals surface area contributed by atoms with Crippen LogP contribution in [0.2, 0.25) is 0 Å². The number of ether oxygens (including phenoxy) is 1. The van der Waals surface area contributed by atoms with Gasteiger partial charge in [-0.3, -0.25) is 4.79 Å². The van der Waals surface area contributed by atoms with Gasteiger partial charge in [-0.15, -0.1) is 10.2 Å². The summed E-state index contributed by atoms with van der Waals surface area (Å²) < 4.78 is 11.5. The van der Waals surface area contributed by atoms with E-state index in [1.807, 2.05) is 55.5 Å². The molecule has 6 heteroatoms. The minimum atomic E-state index is 0.0314. The number of rotatable bonds is 11. The molecule has 0 spiro atoms. The van der Waals surface area contributed by atoms with E-state index in [1.54, 1.807) is 0 Å². The number of amides is 1. The molecule has 0 fully saturated rings. The van der Waals surface area contributed by atoms with E-state index in [-0.39, 0.29) is 12.0 Å². The number of hydrogen-bond acceptors (Lipinski definition) is 5. The van der Waals surface area contributed by atoms with Crippen LogP contribution in [-0.4, -0.2) is 29.3 Å². The molecule has 1 aromatic heterocycles. The summed E-state index contributed by atoms with van der Waals surface area (Å²) in [6.07, 6.45) is 2.54. The largest absolute Gasteiger partial charge is 0.421 e. The molecule has 1 unspecified atom stereocenters. The van der Waals surface area contributed by atoms with E-state index in [4.69, 9.17) is 9.15 Å². The Morgan fingerprint density at radius 2 is 1.76 bits per heavy atom. The van der Waals surface area contributed by atoms with Crippen molar-refractivity contribution >= 4 is 5.91 Å². The number of aryl methyl sites for hydroxylation is 1. The van der Waals surface area contributed by atoms with E-state index < -0.39 is 0 Å². The SMILES string of the molecule is CC(OCCCNC(=O)CCCc1nnc(-c2ccccc2)o1)c1ccccc1. The second kappa shape index (κ2) is 11.1. The Morgan fingerprint density at radius 3 is 2.52 bits per heavy atom. The number of nitrogens with zero attached hydrogens (tertiary/aromatic N) is 2. The van der Waals surface area contributed by atoms with E-state index in [1.165, 1.54) is 0 Å². The number of carbonyl (C=O) groups excluding carboxylic acids is 1. The first-order valence-corrected chi connectivity index (χ1v) is 10.0. The van der Waals surface area contributed by atoms with E-state index >= 15 is 0 Å². The summed E-state index contributed by atoms with van der Waals surface area (Å²) in [6, 6.07) is 19.8. The summed E-state index contributed by atoms with van der Waals surface area (Å²) in [5.74, 6) is 1.10. The van der Waals surface area contributed by atoms with Gasteiger partial charge in [0.1, 0.15) is 0 Å². The lowest BCUT2D eigenvalue weighted by Gasteiger charge is -2.13. The number of carbonyl (C=O) groups is 1. The topological polar surface area (TPSA) is 77.2 Å². The number of benzene rings is 2. The maximum Gasteiger partial charge on any atom is 0.247 e. The maximum atomic E-state index is 12.0. The van der Waals surface area contributed by atoms with E-state index in [2.05, 4.69) is 27.6 Å². The summed E-state index contributed by atoms with van der Waals surface area (Å²) in [5, 5.41) is 11.0. The van der Waals surface area contributed by atoms with Crippen molar-refractivity contribution in [1.29, 1.82) is 0 Å². The molecule has 0 saturated heterocycles. The molecular formula is C23H27N3O3. The summed E-state index contributed by atoms with van der Waals surface area (Å²) in [5.41, 5.74) is 2.06. The fraction of sp³-hybridized carbons (Fsp3) is 0.348. The quantitative estimate of drug-likeness (QED) is 0.490. The standard InChI is InChI=1S/C23H27N3O3/c1-18(19-10-4-2-5-11-19)28-17-9-16-24-21(27)14-8-15-22-25-26-23(29-22)20-12-6-3-7-13-20/h2-7,10-13,18H,8-9,14-17H2,1H3,(H,24,27). The summed E-state index contributed by atoms with van der Waals surface area (Å²) in [6.45, 7) is 3.26. The third kappa shape index (κ3) is 6.84. The predicted molar refractivity (Wildman–Crippen MR) is 111 cm³/mol. The average Bonchev–Trinajstić information content (AvgIpc) is 3.23. The molecule has 29 heavy (non-hydrogen) atoms. The summed E-state index contributed by atoms with van der Waals surface area (Å²) in [4.78, 5) is 12.0. The minimum Gasteiger partial charge on any atom is -0.421 e. The molecule has 0 aliphatic heterocycles. The summed E-state index contributed by atoms with van der Waals surface area (Å²) in [7, 11) is 0. The van der Waals surface area contributed by atoms with Gasteiger partial charge in [0.15, 0.2) is 0 Å². The molecule has 6 nitrogen and oxygen atoms in total. The first kappa shape index (κ1) is 20.7. The van der Waals surface area contributed by atoms with Crippen molar-refractivity contribution < 1.29 is 13.9 Å². The fourth-order valence-corrected chi connectivity index (χ4v) is 2.92. The van der Waals surface area contributed by atoms with Crippen molar-refractivity contribution in [2.24, 2.45) is 0 Å². The first-order valence-electron chi connectivity index (χ1n) is 10.0. The van der Waals surface area contributed by atoms with Gasteiger partial charge in [0, 0.05) is 31.6 Å². The molecule has 1 heterocycles. The molecule has 152 valence electrons. The van der Waals surface area contributed by atoms with Crippen LogP contribution in [0, 0.1) is 0 Å². The van der Waals surface area contributed by atoms with Gasteiger partial charge in [0.05, 0.1) is 6.10 Å². The van der Waals surface area contributed by atoms with Crippen molar-refractivity contribution in [3.8, 4) is 11.5 Å². The van der Waals surface area contributed by atoms with Gasteiger partial charge in [-0.25, -0.2) is 0 Å². The second-order valence-electron chi connectivity index (χ2n) is 6.85. The van der Waals surface area contributed by atoms with Gasteiger partial charge >= 0.3 is 0 Å². The van der Waals surface area contributed by atoms with Gasteiger partial charge in [-0.1, -0.05) is 48.5 Å². The van der Waals surface area contributed by atoms with Gasteiger partial charge in [0.25, 0.3) is 0 Å². The van der Waals surface area contributed by atoms with Crippen molar-refractivity contribution in [3.05, 3.63) is 72.1 Å². The number of nitrogens with one attached hydrogen (secondary N) is 1. The van der Waals surface area contributed by atoms with Gasteiger partial charge < -0.3 is 14.5 Å². The van der Waals surface area contributed by atoms with Crippen molar-refractivity contribution in [2.75, 3.05) is 13.2 Å². The Morgan fingerprint density at radius 1 is 1.03 bits per heavy atom. The molecule has 0 bridgehead atoms. The molecule has 1 atom stereocenters. The van der Waals surface area contributed by atoms with Crippen LogP contribution in [0.5, 0.6) is 0 Å². The highest BCUT2D eigenvalue weighted by Crippen LogP contribution is 2.18. The molecule has 1 amide bonds. The number of aromatic nitrogens is 2. The Balaban J connectivity index is 1.26. The highest BCUT2D eigenvalue weighted by atomic mass is 16.5.